The van der Waals surface area contributed by atoms with E-state index in [0.29, 0.717) is 0 Å². The molecule has 1 rings (SSSR count). The second kappa shape index (κ2) is 7.27. The number of aldehydes is 1. The third-order valence-electron chi connectivity index (χ3n) is 3.77. The number of likely N-dealkylation sites (N-methyl/N-ethyl adjacent to an activating group) is 1. The summed E-state index contributed by atoms with van der Waals surface area (Å²) in [5, 5.41) is 0. The van der Waals surface area contributed by atoms with Crippen LogP contribution in [0.5, 0.6) is 0 Å². The van der Waals surface area contributed by atoms with Gasteiger partial charge in [-0.15, -0.1) is 0 Å². The molecular formula is C15H24N2O. The topological polar surface area (TPSA) is 33.2 Å². The van der Waals surface area contributed by atoms with E-state index in [9.17, 15) is 4.79 Å². The molecule has 1 aromatic rings. The van der Waals surface area contributed by atoms with E-state index < -0.39 is 0 Å². The number of carbonyl (C=O) groups is 1. The minimum atomic E-state index is -0.174. The number of carbonyl (C=O) groups excluding carboxylic acids is 1. The Bertz CT molecular complexity index is 347. The van der Waals surface area contributed by atoms with Crippen molar-refractivity contribution in [2.24, 2.45) is 5.41 Å². The van der Waals surface area contributed by atoms with Crippen LogP contribution < -0.4 is 0 Å². The van der Waals surface area contributed by atoms with Crippen LogP contribution in [0.3, 0.4) is 0 Å². The van der Waals surface area contributed by atoms with Gasteiger partial charge in [0, 0.05) is 30.9 Å². The maximum atomic E-state index is 11.3. The minimum Gasteiger partial charge on any atom is -0.305 e. The van der Waals surface area contributed by atoms with Gasteiger partial charge in [-0.1, -0.05) is 13.8 Å². The monoisotopic (exact) mass is 248 g/mol. The molecule has 0 saturated heterocycles. The predicted molar refractivity (Wildman–Crippen MR) is 74.5 cm³/mol. The number of aromatic nitrogens is 1. The molecule has 18 heavy (non-hydrogen) atoms. The second-order valence-electron chi connectivity index (χ2n) is 5.03. The van der Waals surface area contributed by atoms with Crippen LogP contribution in [-0.4, -0.2) is 36.3 Å². The van der Waals surface area contributed by atoms with Crippen molar-refractivity contribution >= 4 is 6.29 Å². The number of hydrogen-bond acceptors (Lipinski definition) is 3. The number of nitrogens with zero attached hydrogens (tertiary/aromatic N) is 2. The lowest BCUT2D eigenvalue weighted by Gasteiger charge is -2.30. The first-order valence-electron chi connectivity index (χ1n) is 6.69. The Kier molecular flexibility index (Phi) is 5.99. The number of hydrogen-bond donors (Lipinski definition) is 0. The fourth-order valence-corrected chi connectivity index (χ4v) is 2.16. The van der Waals surface area contributed by atoms with Crippen molar-refractivity contribution in [3.63, 3.8) is 0 Å². The van der Waals surface area contributed by atoms with Crippen LogP contribution in [0.25, 0.3) is 0 Å². The van der Waals surface area contributed by atoms with E-state index in [1.807, 2.05) is 24.5 Å². The molecule has 0 N–H and O–H groups in total. The lowest BCUT2D eigenvalue weighted by atomic mass is 9.83. The molecule has 0 unspecified atom stereocenters. The van der Waals surface area contributed by atoms with Gasteiger partial charge in [0.15, 0.2) is 0 Å². The summed E-state index contributed by atoms with van der Waals surface area (Å²) in [7, 11) is 2.09. The molecule has 0 aliphatic carbocycles. The molecule has 1 heterocycles. The first kappa shape index (κ1) is 14.8. The molecule has 0 radical (unpaired) electrons. The molecule has 0 fully saturated rings. The Morgan fingerprint density at radius 2 is 1.89 bits per heavy atom. The van der Waals surface area contributed by atoms with E-state index in [2.05, 4.69) is 30.8 Å². The first-order chi connectivity index (χ1) is 8.65. The van der Waals surface area contributed by atoms with Crippen molar-refractivity contribution in [1.29, 1.82) is 0 Å². The van der Waals surface area contributed by atoms with E-state index in [0.717, 1.165) is 38.6 Å². The molecule has 0 bridgehead atoms. The number of rotatable bonds is 8. The van der Waals surface area contributed by atoms with Gasteiger partial charge >= 0.3 is 0 Å². The maximum absolute atomic E-state index is 11.3. The Hall–Kier alpha value is -1.22. The summed E-state index contributed by atoms with van der Waals surface area (Å²) in [4.78, 5) is 17.5. The Morgan fingerprint density at radius 1 is 1.28 bits per heavy atom. The zero-order valence-corrected chi connectivity index (χ0v) is 11.7. The average molecular weight is 248 g/mol. The molecule has 0 amide bonds. The largest absolute Gasteiger partial charge is 0.305 e. The van der Waals surface area contributed by atoms with Crippen molar-refractivity contribution in [2.45, 2.75) is 33.1 Å². The van der Waals surface area contributed by atoms with Crippen molar-refractivity contribution in [3.8, 4) is 0 Å². The highest BCUT2D eigenvalue weighted by Crippen LogP contribution is 2.24. The van der Waals surface area contributed by atoms with Crippen molar-refractivity contribution in [3.05, 3.63) is 30.1 Å². The van der Waals surface area contributed by atoms with Crippen LogP contribution in [0.2, 0.25) is 0 Å². The third-order valence-corrected chi connectivity index (χ3v) is 3.77. The standard InChI is InChI=1S/C15H24N2O/c1-4-15(5-2,13-18)12-17(3)11-8-14-6-9-16-10-7-14/h6-7,9-10,13H,4-5,8,11-12H2,1-3H3. The van der Waals surface area contributed by atoms with Gasteiger partial charge in [-0.25, -0.2) is 0 Å². The third kappa shape index (κ3) is 4.22. The molecule has 3 heteroatoms. The summed E-state index contributed by atoms with van der Waals surface area (Å²) in [6.07, 6.45) is 7.60. The molecule has 3 nitrogen and oxygen atoms in total. The average Bonchev–Trinajstić information content (AvgIpc) is 2.44. The van der Waals surface area contributed by atoms with E-state index >= 15 is 0 Å². The zero-order chi connectivity index (χ0) is 13.4. The Morgan fingerprint density at radius 3 is 2.39 bits per heavy atom. The highest BCUT2D eigenvalue weighted by atomic mass is 16.1. The zero-order valence-electron chi connectivity index (χ0n) is 11.7. The fraction of sp³-hybridized carbons (Fsp3) is 0.600. The molecular weight excluding hydrogens is 224 g/mol. The van der Waals surface area contributed by atoms with Crippen LogP contribution in [-0.2, 0) is 11.2 Å². The summed E-state index contributed by atoms with van der Waals surface area (Å²) < 4.78 is 0. The van der Waals surface area contributed by atoms with Crippen LogP contribution in [0, 0.1) is 5.41 Å². The van der Waals surface area contributed by atoms with Crippen LogP contribution in [0.15, 0.2) is 24.5 Å². The van der Waals surface area contributed by atoms with Gasteiger partial charge in [0.1, 0.15) is 6.29 Å². The van der Waals surface area contributed by atoms with Gasteiger partial charge in [-0.2, -0.15) is 0 Å². The molecule has 0 aromatic carbocycles. The highest BCUT2D eigenvalue weighted by Gasteiger charge is 2.26. The Labute approximate surface area is 110 Å². The molecule has 1 aromatic heterocycles. The molecule has 0 saturated carbocycles. The van der Waals surface area contributed by atoms with Crippen LogP contribution in [0.4, 0.5) is 0 Å². The van der Waals surface area contributed by atoms with Gasteiger partial charge in [-0.3, -0.25) is 4.98 Å². The van der Waals surface area contributed by atoms with Crippen LogP contribution in [0.1, 0.15) is 32.3 Å². The fourth-order valence-electron chi connectivity index (χ4n) is 2.16. The first-order valence-corrected chi connectivity index (χ1v) is 6.69. The van der Waals surface area contributed by atoms with Crippen molar-refractivity contribution in [1.82, 2.24) is 9.88 Å². The van der Waals surface area contributed by atoms with Crippen molar-refractivity contribution < 1.29 is 4.79 Å². The van der Waals surface area contributed by atoms with Crippen molar-refractivity contribution in [2.75, 3.05) is 20.1 Å². The van der Waals surface area contributed by atoms with Crippen LogP contribution >= 0.6 is 0 Å². The smallest absolute Gasteiger partial charge is 0.127 e. The summed E-state index contributed by atoms with van der Waals surface area (Å²) in [6.45, 7) is 6.00. The lowest BCUT2D eigenvalue weighted by molar-refractivity contribution is -0.117. The SMILES string of the molecule is CCC(C=O)(CC)CN(C)CCc1ccncc1. The molecule has 0 spiro atoms. The number of pyridine rings is 1. The molecule has 0 aliphatic heterocycles. The highest BCUT2D eigenvalue weighted by molar-refractivity contribution is 5.59. The summed E-state index contributed by atoms with van der Waals surface area (Å²) in [5.74, 6) is 0. The van der Waals surface area contributed by atoms with Gasteiger partial charge in [0.2, 0.25) is 0 Å². The molecule has 0 atom stereocenters. The normalized spacial score (nSPS) is 11.8. The summed E-state index contributed by atoms with van der Waals surface area (Å²) in [6, 6.07) is 4.08. The van der Waals surface area contributed by atoms with E-state index in [4.69, 9.17) is 0 Å². The Balaban J connectivity index is 2.46. The quantitative estimate of drug-likeness (QED) is 0.663. The predicted octanol–water partition coefficient (Wildman–Crippen LogP) is 2.56. The molecule has 0 aliphatic rings. The minimum absolute atomic E-state index is 0.174. The van der Waals surface area contributed by atoms with Gasteiger partial charge in [0.05, 0.1) is 0 Å². The summed E-state index contributed by atoms with van der Waals surface area (Å²) in [5.41, 5.74) is 1.12. The van der Waals surface area contributed by atoms with E-state index in [-0.39, 0.29) is 5.41 Å². The van der Waals surface area contributed by atoms with Gasteiger partial charge in [-0.05, 0) is 44.0 Å². The lowest BCUT2D eigenvalue weighted by Crippen LogP contribution is -2.37. The van der Waals surface area contributed by atoms with E-state index in [1.165, 1.54) is 5.56 Å². The van der Waals surface area contributed by atoms with Gasteiger partial charge < -0.3 is 9.69 Å². The maximum Gasteiger partial charge on any atom is 0.127 e. The second-order valence-corrected chi connectivity index (χ2v) is 5.03. The van der Waals surface area contributed by atoms with E-state index in [1.54, 1.807) is 0 Å². The molecule has 100 valence electrons. The summed E-state index contributed by atoms with van der Waals surface area (Å²) >= 11 is 0. The van der Waals surface area contributed by atoms with Gasteiger partial charge in [0.25, 0.3) is 0 Å².